The second kappa shape index (κ2) is 6.80. The Morgan fingerprint density at radius 1 is 1.29 bits per heavy atom. The maximum absolute atomic E-state index is 12.0. The van der Waals surface area contributed by atoms with Crippen LogP contribution in [-0.2, 0) is 9.53 Å². The minimum atomic E-state index is -0.559. The summed E-state index contributed by atoms with van der Waals surface area (Å²) >= 11 is 6.12. The van der Waals surface area contributed by atoms with Gasteiger partial charge in [0, 0.05) is 11.5 Å². The van der Waals surface area contributed by atoms with Gasteiger partial charge in [-0.25, -0.2) is 4.79 Å². The molecule has 116 valence electrons. The third kappa shape index (κ3) is 4.36. The van der Waals surface area contributed by atoms with E-state index in [1.165, 1.54) is 19.2 Å². The largest absolute Gasteiger partial charge is 0.496 e. The van der Waals surface area contributed by atoms with Gasteiger partial charge in [0.15, 0.2) is 0 Å². The van der Waals surface area contributed by atoms with E-state index in [2.05, 4.69) is 5.32 Å². The lowest BCUT2D eigenvalue weighted by Crippen LogP contribution is -2.27. The summed E-state index contributed by atoms with van der Waals surface area (Å²) in [5.41, 5.74) is 0.0516. The summed E-state index contributed by atoms with van der Waals surface area (Å²) in [4.78, 5) is 23.8. The van der Waals surface area contributed by atoms with Gasteiger partial charge in [0.05, 0.1) is 24.4 Å². The Hall–Kier alpha value is -1.75. The Bertz CT molecular complexity index is 549. The summed E-state index contributed by atoms with van der Waals surface area (Å²) in [6.07, 6.45) is 0. The van der Waals surface area contributed by atoms with Gasteiger partial charge in [0.1, 0.15) is 11.3 Å². The number of rotatable bonds is 4. The summed E-state index contributed by atoms with van der Waals surface area (Å²) in [6, 6.07) is 2.94. The molecule has 0 aromatic heterocycles. The van der Waals surface area contributed by atoms with E-state index in [9.17, 15) is 9.59 Å². The zero-order valence-electron chi connectivity index (χ0n) is 12.9. The number of hydrogen-bond donors (Lipinski definition) is 1. The second-order valence-electron chi connectivity index (χ2n) is 5.46. The molecule has 0 spiro atoms. The number of ether oxygens (including phenoxy) is 2. The van der Waals surface area contributed by atoms with Gasteiger partial charge < -0.3 is 14.8 Å². The molecule has 0 aliphatic rings. The number of amides is 1. The highest BCUT2D eigenvalue weighted by Gasteiger charge is 2.23. The number of methoxy groups -OCH3 is 1. The standard InChI is InChI=1S/C15H20ClNO4/c1-6-21-13(18)9-7-10(16)11(8-12(9)20-5)17-14(19)15(2,3)4/h7-8H,6H2,1-5H3,(H,17,19). The van der Waals surface area contributed by atoms with Crippen molar-refractivity contribution >= 4 is 29.2 Å². The Morgan fingerprint density at radius 2 is 1.90 bits per heavy atom. The Balaban J connectivity index is 3.15. The third-order valence-corrected chi connectivity index (χ3v) is 3.03. The lowest BCUT2D eigenvalue weighted by atomic mass is 9.95. The van der Waals surface area contributed by atoms with Crippen LogP contribution in [0.3, 0.4) is 0 Å². The van der Waals surface area contributed by atoms with E-state index in [4.69, 9.17) is 21.1 Å². The van der Waals surface area contributed by atoms with Crippen LogP contribution in [0.4, 0.5) is 5.69 Å². The van der Waals surface area contributed by atoms with E-state index in [1.54, 1.807) is 27.7 Å². The van der Waals surface area contributed by atoms with Crippen LogP contribution < -0.4 is 10.1 Å². The predicted molar refractivity (Wildman–Crippen MR) is 82.0 cm³/mol. The van der Waals surface area contributed by atoms with Crippen LogP contribution in [0.5, 0.6) is 5.75 Å². The zero-order chi connectivity index (χ0) is 16.2. The molecule has 6 heteroatoms. The van der Waals surface area contributed by atoms with E-state index in [1.807, 2.05) is 0 Å². The number of carbonyl (C=O) groups excluding carboxylic acids is 2. The fourth-order valence-corrected chi connectivity index (χ4v) is 1.71. The van der Waals surface area contributed by atoms with E-state index in [0.717, 1.165) is 0 Å². The van der Waals surface area contributed by atoms with Crippen molar-refractivity contribution in [3.63, 3.8) is 0 Å². The van der Waals surface area contributed by atoms with Crippen molar-refractivity contribution in [2.45, 2.75) is 27.7 Å². The van der Waals surface area contributed by atoms with Crippen molar-refractivity contribution < 1.29 is 19.1 Å². The first-order chi connectivity index (χ1) is 9.70. The Morgan fingerprint density at radius 3 is 2.38 bits per heavy atom. The SMILES string of the molecule is CCOC(=O)c1cc(Cl)c(NC(=O)C(C)(C)C)cc1OC. The zero-order valence-corrected chi connectivity index (χ0v) is 13.6. The summed E-state index contributed by atoms with van der Waals surface area (Å²) in [6.45, 7) is 7.34. The minimum Gasteiger partial charge on any atom is -0.496 e. The fourth-order valence-electron chi connectivity index (χ4n) is 1.50. The smallest absolute Gasteiger partial charge is 0.341 e. The molecule has 0 atom stereocenters. The van der Waals surface area contributed by atoms with E-state index in [0.29, 0.717) is 11.4 Å². The van der Waals surface area contributed by atoms with Gasteiger partial charge in [-0.15, -0.1) is 0 Å². The molecular weight excluding hydrogens is 294 g/mol. The first-order valence-corrected chi connectivity index (χ1v) is 6.94. The highest BCUT2D eigenvalue weighted by Crippen LogP contribution is 2.32. The molecule has 1 N–H and O–H groups in total. The van der Waals surface area contributed by atoms with Crippen molar-refractivity contribution in [1.82, 2.24) is 0 Å². The van der Waals surface area contributed by atoms with Gasteiger partial charge in [-0.05, 0) is 13.0 Å². The maximum atomic E-state index is 12.0. The van der Waals surface area contributed by atoms with Crippen molar-refractivity contribution in [3.05, 3.63) is 22.7 Å². The summed E-state index contributed by atoms with van der Waals surface area (Å²) in [7, 11) is 1.43. The number of nitrogens with one attached hydrogen (secondary N) is 1. The van der Waals surface area contributed by atoms with Crippen LogP contribution in [-0.4, -0.2) is 25.6 Å². The monoisotopic (exact) mass is 313 g/mol. The minimum absolute atomic E-state index is 0.185. The number of anilines is 1. The molecule has 0 radical (unpaired) electrons. The van der Waals surface area contributed by atoms with Crippen LogP contribution in [0.25, 0.3) is 0 Å². The van der Waals surface area contributed by atoms with Gasteiger partial charge in [0.25, 0.3) is 0 Å². The Labute approximate surface area is 129 Å². The first kappa shape index (κ1) is 17.3. The molecule has 0 aliphatic heterocycles. The molecule has 0 bridgehead atoms. The van der Waals surface area contributed by atoms with Gasteiger partial charge in [-0.1, -0.05) is 32.4 Å². The highest BCUT2D eigenvalue weighted by atomic mass is 35.5. The van der Waals surface area contributed by atoms with Crippen LogP contribution in [0.1, 0.15) is 38.1 Å². The highest BCUT2D eigenvalue weighted by molar-refractivity contribution is 6.34. The van der Waals surface area contributed by atoms with Crippen molar-refractivity contribution in [2.24, 2.45) is 5.41 Å². The topological polar surface area (TPSA) is 64.6 Å². The summed E-state index contributed by atoms with van der Waals surface area (Å²) in [5.74, 6) is -0.414. The summed E-state index contributed by atoms with van der Waals surface area (Å²) < 4.78 is 10.1. The lowest BCUT2D eigenvalue weighted by molar-refractivity contribution is -0.123. The molecule has 0 saturated heterocycles. The first-order valence-electron chi connectivity index (χ1n) is 6.56. The van der Waals surface area contributed by atoms with Gasteiger partial charge >= 0.3 is 5.97 Å². The molecule has 1 aromatic rings. The molecule has 1 amide bonds. The van der Waals surface area contributed by atoms with Gasteiger partial charge in [-0.3, -0.25) is 4.79 Å². The number of carbonyl (C=O) groups is 2. The summed E-state index contributed by atoms with van der Waals surface area (Å²) in [5, 5.41) is 2.97. The second-order valence-corrected chi connectivity index (χ2v) is 5.86. The van der Waals surface area contributed by atoms with Crippen LogP contribution in [0.2, 0.25) is 5.02 Å². The van der Waals surface area contributed by atoms with Crippen LogP contribution >= 0.6 is 11.6 Å². The molecule has 0 heterocycles. The predicted octanol–water partition coefficient (Wildman–Crippen LogP) is 3.51. The molecule has 0 aliphatic carbocycles. The third-order valence-electron chi connectivity index (χ3n) is 2.71. The van der Waals surface area contributed by atoms with E-state index in [-0.39, 0.29) is 23.1 Å². The van der Waals surface area contributed by atoms with E-state index < -0.39 is 11.4 Å². The van der Waals surface area contributed by atoms with Gasteiger partial charge in [0.2, 0.25) is 5.91 Å². The van der Waals surface area contributed by atoms with Crippen molar-refractivity contribution in [2.75, 3.05) is 19.0 Å². The molecule has 0 fully saturated rings. The Kier molecular flexibility index (Phi) is 5.61. The molecule has 0 saturated carbocycles. The number of hydrogen-bond acceptors (Lipinski definition) is 4. The molecule has 1 rings (SSSR count). The van der Waals surface area contributed by atoms with Crippen LogP contribution in [0, 0.1) is 5.41 Å². The fraction of sp³-hybridized carbons (Fsp3) is 0.467. The van der Waals surface area contributed by atoms with Gasteiger partial charge in [-0.2, -0.15) is 0 Å². The molecule has 21 heavy (non-hydrogen) atoms. The maximum Gasteiger partial charge on any atom is 0.341 e. The van der Waals surface area contributed by atoms with Crippen molar-refractivity contribution in [3.8, 4) is 5.75 Å². The quantitative estimate of drug-likeness (QED) is 0.864. The van der Waals surface area contributed by atoms with Crippen molar-refractivity contribution in [1.29, 1.82) is 0 Å². The molecular formula is C15H20ClNO4. The lowest BCUT2D eigenvalue weighted by Gasteiger charge is -2.19. The molecule has 1 aromatic carbocycles. The van der Waals surface area contributed by atoms with E-state index >= 15 is 0 Å². The number of esters is 1. The number of halogens is 1. The van der Waals surface area contributed by atoms with Crippen LogP contribution in [0.15, 0.2) is 12.1 Å². The normalized spacial score (nSPS) is 11.0. The average Bonchev–Trinajstić information content (AvgIpc) is 2.39. The molecule has 5 nitrogen and oxygen atoms in total. The number of benzene rings is 1. The molecule has 0 unspecified atom stereocenters. The average molecular weight is 314 g/mol.